The van der Waals surface area contributed by atoms with E-state index in [-0.39, 0.29) is 0 Å². The summed E-state index contributed by atoms with van der Waals surface area (Å²) in [5.41, 5.74) is 1.37. The van der Waals surface area contributed by atoms with Crippen molar-refractivity contribution in [2.24, 2.45) is 5.92 Å². The molecule has 98 valence electrons. The van der Waals surface area contributed by atoms with Crippen LogP contribution in [0.3, 0.4) is 0 Å². The van der Waals surface area contributed by atoms with Gasteiger partial charge in [0.15, 0.2) is 0 Å². The fourth-order valence-electron chi connectivity index (χ4n) is 1.98. The van der Waals surface area contributed by atoms with Crippen molar-refractivity contribution in [2.45, 2.75) is 13.0 Å². The minimum Gasteiger partial charge on any atom is -0.478 e. The standard InChI is InChI=1S/C13H16BrNO3/c14-12-5-10(13(16)17)1-2-11(12)7-15-6-9-3-4-18-8-9/h1-2,5,9,15H,3-4,6-8H2,(H,16,17). The van der Waals surface area contributed by atoms with Crippen LogP contribution in [0.5, 0.6) is 0 Å². The van der Waals surface area contributed by atoms with Crippen LogP contribution < -0.4 is 5.32 Å². The highest BCUT2D eigenvalue weighted by Crippen LogP contribution is 2.19. The molecule has 4 nitrogen and oxygen atoms in total. The Morgan fingerprint density at radius 1 is 1.56 bits per heavy atom. The van der Waals surface area contributed by atoms with Gasteiger partial charge in [-0.15, -0.1) is 0 Å². The molecule has 0 spiro atoms. The summed E-state index contributed by atoms with van der Waals surface area (Å²) in [6, 6.07) is 5.10. The molecule has 5 heteroatoms. The van der Waals surface area contributed by atoms with Gasteiger partial charge in [-0.1, -0.05) is 22.0 Å². The van der Waals surface area contributed by atoms with E-state index in [9.17, 15) is 4.79 Å². The average molecular weight is 314 g/mol. The maximum atomic E-state index is 10.8. The molecule has 1 fully saturated rings. The van der Waals surface area contributed by atoms with Gasteiger partial charge in [-0.2, -0.15) is 0 Å². The topological polar surface area (TPSA) is 58.6 Å². The van der Waals surface area contributed by atoms with Gasteiger partial charge < -0.3 is 15.2 Å². The van der Waals surface area contributed by atoms with E-state index in [0.717, 1.165) is 42.8 Å². The SMILES string of the molecule is O=C(O)c1ccc(CNCC2CCOC2)c(Br)c1. The van der Waals surface area contributed by atoms with Gasteiger partial charge in [0.1, 0.15) is 0 Å². The third kappa shape index (κ3) is 3.54. The van der Waals surface area contributed by atoms with Crippen molar-refractivity contribution in [2.75, 3.05) is 19.8 Å². The number of aromatic carboxylic acids is 1. The van der Waals surface area contributed by atoms with Crippen molar-refractivity contribution in [1.82, 2.24) is 5.32 Å². The number of halogens is 1. The number of carbonyl (C=O) groups is 1. The van der Waals surface area contributed by atoms with Crippen molar-refractivity contribution >= 4 is 21.9 Å². The van der Waals surface area contributed by atoms with E-state index in [0.29, 0.717) is 11.5 Å². The Labute approximate surface area is 114 Å². The van der Waals surface area contributed by atoms with E-state index in [1.165, 1.54) is 0 Å². The molecule has 0 radical (unpaired) electrons. The third-order valence-corrected chi connectivity index (χ3v) is 3.81. The molecule has 1 atom stereocenters. The van der Waals surface area contributed by atoms with Gasteiger partial charge in [-0.25, -0.2) is 4.79 Å². The smallest absolute Gasteiger partial charge is 0.335 e. The van der Waals surface area contributed by atoms with E-state index in [1.54, 1.807) is 12.1 Å². The van der Waals surface area contributed by atoms with Crippen molar-refractivity contribution in [3.63, 3.8) is 0 Å². The highest BCUT2D eigenvalue weighted by molar-refractivity contribution is 9.10. The highest BCUT2D eigenvalue weighted by Gasteiger charge is 2.15. The molecule has 1 aliphatic rings. The molecule has 0 aromatic heterocycles. The van der Waals surface area contributed by atoms with Gasteiger partial charge >= 0.3 is 5.97 Å². The van der Waals surface area contributed by atoms with Crippen molar-refractivity contribution in [3.05, 3.63) is 33.8 Å². The molecule has 18 heavy (non-hydrogen) atoms. The van der Waals surface area contributed by atoms with Crippen LogP contribution in [-0.2, 0) is 11.3 Å². The maximum Gasteiger partial charge on any atom is 0.335 e. The van der Waals surface area contributed by atoms with Gasteiger partial charge in [0.25, 0.3) is 0 Å². The molecule has 2 rings (SSSR count). The summed E-state index contributed by atoms with van der Waals surface area (Å²) in [6.45, 7) is 3.37. The lowest BCUT2D eigenvalue weighted by Gasteiger charge is -2.10. The Bertz CT molecular complexity index is 430. The molecule has 0 aliphatic carbocycles. The normalized spacial score (nSPS) is 19.1. The van der Waals surface area contributed by atoms with Crippen LogP contribution in [0, 0.1) is 5.92 Å². The van der Waals surface area contributed by atoms with Crippen LogP contribution in [0.15, 0.2) is 22.7 Å². The first-order valence-electron chi connectivity index (χ1n) is 5.97. The first kappa shape index (κ1) is 13.5. The van der Waals surface area contributed by atoms with Crippen LogP contribution in [0.25, 0.3) is 0 Å². The van der Waals surface area contributed by atoms with E-state index < -0.39 is 5.97 Å². The Morgan fingerprint density at radius 2 is 2.39 bits per heavy atom. The fourth-order valence-corrected chi connectivity index (χ4v) is 2.50. The zero-order valence-electron chi connectivity index (χ0n) is 9.99. The largest absolute Gasteiger partial charge is 0.478 e. The number of hydrogen-bond donors (Lipinski definition) is 2. The van der Waals surface area contributed by atoms with Gasteiger partial charge in [0, 0.05) is 24.2 Å². The van der Waals surface area contributed by atoms with Crippen LogP contribution in [0.2, 0.25) is 0 Å². The second kappa shape index (κ2) is 6.31. The van der Waals surface area contributed by atoms with Gasteiger partial charge in [0.05, 0.1) is 12.2 Å². The summed E-state index contributed by atoms with van der Waals surface area (Å²) in [7, 11) is 0. The summed E-state index contributed by atoms with van der Waals surface area (Å²) in [4.78, 5) is 10.8. The third-order valence-electron chi connectivity index (χ3n) is 3.07. The lowest BCUT2D eigenvalue weighted by Crippen LogP contribution is -2.22. The van der Waals surface area contributed by atoms with Crippen LogP contribution in [-0.4, -0.2) is 30.8 Å². The van der Waals surface area contributed by atoms with Gasteiger partial charge in [0.2, 0.25) is 0 Å². The van der Waals surface area contributed by atoms with Gasteiger partial charge in [-0.05, 0) is 30.0 Å². The molecule has 1 aromatic rings. The second-order valence-corrected chi connectivity index (χ2v) is 5.33. The van der Waals surface area contributed by atoms with Crippen molar-refractivity contribution < 1.29 is 14.6 Å². The quantitative estimate of drug-likeness (QED) is 0.875. The summed E-state index contributed by atoms with van der Waals surface area (Å²) in [6.07, 6.45) is 1.12. The minimum absolute atomic E-state index is 0.301. The molecule has 1 unspecified atom stereocenters. The molecule has 1 aromatic carbocycles. The number of nitrogens with one attached hydrogen (secondary N) is 1. The number of ether oxygens (including phenoxy) is 1. The zero-order valence-corrected chi connectivity index (χ0v) is 11.6. The van der Waals surface area contributed by atoms with E-state index in [2.05, 4.69) is 21.2 Å². The monoisotopic (exact) mass is 313 g/mol. The first-order chi connectivity index (χ1) is 8.66. The molecular formula is C13H16BrNO3. The van der Waals surface area contributed by atoms with Crippen molar-refractivity contribution in [3.8, 4) is 0 Å². The molecule has 1 saturated heterocycles. The molecular weight excluding hydrogens is 298 g/mol. The Morgan fingerprint density at radius 3 is 3.00 bits per heavy atom. The summed E-state index contributed by atoms with van der Waals surface area (Å²) in [5.74, 6) is -0.305. The zero-order chi connectivity index (χ0) is 13.0. The van der Waals surface area contributed by atoms with E-state index in [4.69, 9.17) is 9.84 Å². The molecule has 2 N–H and O–H groups in total. The molecule has 1 heterocycles. The van der Waals surface area contributed by atoms with Crippen LogP contribution >= 0.6 is 15.9 Å². The second-order valence-electron chi connectivity index (χ2n) is 4.47. The summed E-state index contributed by atoms with van der Waals surface area (Å²) in [5, 5.41) is 12.2. The number of benzene rings is 1. The summed E-state index contributed by atoms with van der Waals surface area (Å²) < 4.78 is 6.14. The summed E-state index contributed by atoms with van der Waals surface area (Å²) >= 11 is 3.40. The Hall–Kier alpha value is -0.910. The van der Waals surface area contributed by atoms with E-state index in [1.807, 2.05) is 6.07 Å². The lowest BCUT2D eigenvalue weighted by atomic mass is 10.1. The van der Waals surface area contributed by atoms with Gasteiger partial charge in [-0.3, -0.25) is 0 Å². The lowest BCUT2D eigenvalue weighted by molar-refractivity contribution is 0.0697. The molecule has 0 amide bonds. The highest BCUT2D eigenvalue weighted by atomic mass is 79.9. The predicted molar refractivity (Wildman–Crippen MR) is 71.7 cm³/mol. The number of rotatable bonds is 5. The predicted octanol–water partition coefficient (Wildman–Crippen LogP) is 2.27. The average Bonchev–Trinajstić information content (AvgIpc) is 2.84. The maximum absolute atomic E-state index is 10.8. The number of carboxylic acid groups (broad SMARTS) is 1. The molecule has 1 aliphatic heterocycles. The fraction of sp³-hybridized carbons (Fsp3) is 0.462. The van der Waals surface area contributed by atoms with Crippen molar-refractivity contribution in [1.29, 1.82) is 0 Å². The number of carboxylic acids is 1. The first-order valence-corrected chi connectivity index (χ1v) is 6.76. The molecule has 0 bridgehead atoms. The Kier molecular flexibility index (Phi) is 4.74. The van der Waals surface area contributed by atoms with E-state index >= 15 is 0 Å². The molecule has 0 saturated carbocycles. The Balaban J connectivity index is 1.87. The minimum atomic E-state index is -0.904. The van der Waals surface area contributed by atoms with Crippen LogP contribution in [0.1, 0.15) is 22.3 Å². The van der Waals surface area contributed by atoms with Crippen LogP contribution in [0.4, 0.5) is 0 Å². The number of hydrogen-bond acceptors (Lipinski definition) is 3.